The third kappa shape index (κ3) is 3.72. The van der Waals surface area contributed by atoms with Crippen LogP contribution in [0.1, 0.15) is 17.3 Å². The number of phosphoric acid groups is 1. The molecule has 16 heavy (non-hydrogen) atoms. The summed E-state index contributed by atoms with van der Waals surface area (Å²) >= 11 is 2.75. The fourth-order valence-electron chi connectivity index (χ4n) is 1.02. The van der Waals surface area contributed by atoms with Crippen molar-refractivity contribution in [1.29, 1.82) is 0 Å². The van der Waals surface area contributed by atoms with Gasteiger partial charge in [0.15, 0.2) is 0 Å². The molecule has 0 aliphatic rings. The van der Waals surface area contributed by atoms with Crippen molar-refractivity contribution >= 4 is 28.4 Å². The lowest BCUT2D eigenvalue weighted by Gasteiger charge is -2.13. The topological polar surface area (TPSA) is 72.8 Å². The van der Waals surface area contributed by atoms with Crippen molar-refractivity contribution in [2.75, 3.05) is 6.61 Å². The van der Waals surface area contributed by atoms with Crippen LogP contribution in [0.3, 0.4) is 0 Å². The minimum absolute atomic E-state index is 0.00339. The number of carbonyl (C=O) groups is 1. The van der Waals surface area contributed by atoms with E-state index in [0.717, 1.165) is 0 Å². The van der Waals surface area contributed by atoms with Gasteiger partial charge >= 0.3 is 7.82 Å². The predicted molar refractivity (Wildman–Crippen MR) is 61.8 cm³/mol. The van der Waals surface area contributed by atoms with E-state index >= 15 is 0 Å². The van der Waals surface area contributed by atoms with Crippen LogP contribution in [0, 0.1) is 0 Å². The summed E-state index contributed by atoms with van der Waals surface area (Å²) in [5.74, 6) is 0.00339. The van der Waals surface area contributed by atoms with Gasteiger partial charge in [-0.25, -0.2) is 4.57 Å². The fourth-order valence-corrected chi connectivity index (χ4v) is 2.14. The first-order valence-corrected chi connectivity index (χ1v) is 6.71. The van der Waals surface area contributed by atoms with Crippen LogP contribution in [-0.4, -0.2) is 16.2 Å². The van der Waals surface area contributed by atoms with Gasteiger partial charge in [-0.1, -0.05) is 12.1 Å². The molecule has 1 rings (SSSR count). The van der Waals surface area contributed by atoms with Crippen molar-refractivity contribution in [3.63, 3.8) is 0 Å². The van der Waals surface area contributed by atoms with Gasteiger partial charge < -0.3 is 4.52 Å². The predicted octanol–water partition coefficient (Wildman–Crippen LogP) is 2.74. The Morgan fingerprint density at radius 3 is 2.69 bits per heavy atom. The minimum Gasteiger partial charge on any atom is -0.403 e. The van der Waals surface area contributed by atoms with Crippen molar-refractivity contribution in [2.45, 2.75) is 6.92 Å². The molecule has 0 saturated heterocycles. The summed E-state index contributed by atoms with van der Waals surface area (Å²) < 4.78 is 20.2. The van der Waals surface area contributed by atoms with E-state index in [-0.39, 0.29) is 17.9 Å². The summed E-state index contributed by atoms with van der Waals surface area (Å²) in [4.78, 5) is 20.4. The maximum absolute atomic E-state index is 11.3. The second-order valence-corrected chi connectivity index (χ2v) is 4.85. The Morgan fingerprint density at radius 1 is 1.50 bits per heavy atom. The number of benzene rings is 1. The number of para-hydroxylation sites is 1. The Kier molecular flexibility index (Phi) is 4.68. The molecule has 1 unspecified atom stereocenters. The average Bonchev–Trinajstić information content (AvgIpc) is 2.17. The number of carbonyl (C=O) groups excluding carboxylic acids is 1. The molecule has 0 bridgehead atoms. The second kappa shape index (κ2) is 5.59. The van der Waals surface area contributed by atoms with Crippen molar-refractivity contribution < 1.29 is 23.3 Å². The molecule has 0 radical (unpaired) electrons. The van der Waals surface area contributed by atoms with Crippen LogP contribution < -0.4 is 4.52 Å². The molecule has 0 aliphatic heterocycles. The molecule has 1 aromatic rings. The van der Waals surface area contributed by atoms with E-state index in [2.05, 4.69) is 20.5 Å². The number of hydrogen-bond acceptors (Lipinski definition) is 4. The van der Waals surface area contributed by atoms with E-state index in [4.69, 9.17) is 4.52 Å². The third-order valence-corrected chi connectivity index (χ3v) is 3.04. The summed E-state index contributed by atoms with van der Waals surface area (Å²) in [6.45, 7) is 1.60. The lowest BCUT2D eigenvalue weighted by atomic mass is 10.2. The number of hydrogen-bond donors (Lipinski definition) is 1. The molecule has 0 aromatic heterocycles. The SMILES string of the molecule is CCOP(=O)(O)Oc1ccccc1C(=O)Br. The van der Waals surface area contributed by atoms with Crippen molar-refractivity contribution in [3.8, 4) is 5.75 Å². The zero-order valence-corrected chi connectivity index (χ0v) is 10.9. The largest absolute Gasteiger partial charge is 0.527 e. The van der Waals surface area contributed by atoms with Gasteiger partial charge in [0.25, 0.3) is 0 Å². The lowest BCUT2D eigenvalue weighted by Crippen LogP contribution is -2.00. The molecule has 7 heteroatoms. The van der Waals surface area contributed by atoms with Crippen molar-refractivity contribution in [3.05, 3.63) is 29.8 Å². The van der Waals surface area contributed by atoms with Crippen molar-refractivity contribution in [2.24, 2.45) is 0 Å². The zero-order chi connectivity index (χ0) is 12.2. The molecular weight excluding hydrogens is 299 g/mol. The third-order valence-electron chi connectivity index (χ3n) is 1.60. The Bertz CT molecular complexity index is 434. The maximum Gasteiger partial charge on any atom is 0.527 e. The van der Waals surface area contributed by atoms with Crippen LogP contribution in [-0.2, 0) is 9.09 Å². The van der Waals surface area contributed by atoms with E-state index in [0.29, 0.717) is 0 Å². The Hall–Kier alpha value is -0.680. The molecule has 0 saturated carbocycles. The van der Waals surface area contributed by atoms with E-state index in [1.54, 1.807) is 19.1 Å². The molecule has 0 amide bonds. The van der Waals surface area contributed by atoms with E-state index < -0.39 is 12.5 Å². The first-order chi connectivity index (χ1) is 7.46. The smallest absolute Gasteiger partial charge is 0.403 e. The molecule has 0 spiro atoms. The van der Waals surface area contributed by atoms with Crippen LogP contribution in [0.4, 0.5) is 0 Å². The molecule has 5 nitrogen and oxygen atoms in total. The number of phosphoric ester groups is 1. The highest BCUT2D eigenvalue weighted by Gasteiger charge is 2.24. The Morgan fingerprint density at radius 2 is 2.12 bits per heavy atom. The molecule has 0 heterocycles. The number of halogens is 1. The van der Waals surface area contributed by atoms with Crippen molar-refractivity contribution in [1.82, 2.24) is 0 Å². The minimum atomic E-state index is -4.15. The summed E-state index contributed by atoms with van der Waals surface area (Å²) in [6, 6.07) is 6.08. The van der Waals surface area contributed by atoms with Gasteiger partial charge in [-0.15, -0.1) is 0 Å². The van der Waals surface area contributed by atoms with Gasteiger partial charge in [0.1, 0.15) is 5.75 Å². The first kappa shape index (κ1) is 13.4. The Balaban J connectivity index is 2.97. The first-order valence-electron chi connectivity index (χ1n) is 4.42. The summed E-state index contributed by atoms with van der Waals surface area (Å²) in [5.41, 5.74) is 0.163. The molecule has 0 fully saturated rings. The molecule has 1 aromatic carbocycles. The summed E-state index contributed by atoms with van der Waals surface area (Å²) in [6.07, 6.45) is 0. The van der Waals surface area contributed by atoms with Gasteiger partial charge in [0.2, 0.25) is 4.69 Å². The standard InChI is InChI=1S/C9H10BrO5P/c1-2-14-16(12,13)15-8-6-4-3-5-7(8)9(10)11/h3-6H,2H2,1H3,(H,12,13). The van der Waals surface area contributed by atoms with Gasteiger partial charge in [-0.2, -0.15) is 0 Å². The zero-order valence-electron chi connectivity index (χ0n) is 8.42. The lowest BCUT2D eigenvalue weighted by molar-refractivity contribution is 0.109. The molecular formula is C9H10BrO5P. The van der Waals surface area contributed by atoms with Crippen LogP contribution in [0.5, 0.6) is 5.75 Å². The summed E-state index contributed by atoms with van der Waals surface area (Å²) in [7, 11) is -4.15. The normalized spacial score (nSPS) is 14.2. The average molecular weight is 309 g/mol. The van der Waals surface area contributed by atoms with E-state index in [1.165, 1.54) is 12.1 Å². The maximum atomic E-state index is 11.3. The monoisotopic (exact) mass is 308 g/mol. The quantitative estimate of drug-likeness (QED) is 0.669. The van der Waals surface area contributed by atoms with Gasteiger partial charge in [0.05, 0.1) is 12.2 Å². The highest BCUT2D eigenvalue weighted by Crippen LogP contribution is 2.44. The van der Waals surface area contributed by atoms with E-state index in [9.17, 15) is 14.3 Å². The van der Waals surface area contributed by atoms with Crippen LogP contribution in [0.2, 0.25) is 0 Å². The van der Waals surface area contributed by atoms with E-state index in [1.807, 2.05) is 0 Å². The van der Waals surface area contributed by atoms with Crippen LogP contribution in [0.15, 0.2) is 24.3 Å². The molecule has 0 aliphatic carbocycles. The molecule has 88 valence electrons. The molecule has 1 atom stereocenters. The van der Waals surface area contributed by atoms with Crippen LogP contribution >= 0.6 is 23.8 Å². The second-order valence-electron chi connectivity index (χ2n) is 2.75. The Labute approximate surface area is 101 Å². The fraction of sp³-hybridized carbons (Fsp3) is 0.222. The van der Waals surface area contributed by atoms with Crippen LogP contribution in [0.25, 0.3) is 0 Å². The van der Waals surface area contributed by atoms with Gasteiger partial charge in [-0.3, -0.25) is 14.2 Å². The highest BCUT2D eigenvalue weighted by molar-refractivity contribution is 9.18. The van der Waals surface area contributed by atoms with Gasteiger partial charge in [0, 0.05) is 0 Å². The van der Waals surface area contributed by atoms with Gasteiger partial charge in [-0.05, 0) is 35.0 Å². The highest BCUT2D eigenvalue weighted by atomic mass is 79.9. The summed E-state index contributed by atoms with van der Waals surface area (Å²) in [5, 5.41) is 0. The molecule has 1 N–H and O–H groups in total. The number of rotatable bonds is 5.